The molecule has 94 valence electrons. The lowest BCUT2D eigenvalue weighted by Gasteiger charge is -2.17. The maximum Gasteiger partial charge on any atom is 0.126 e. The topological polar surface area (TPSA) is 24.9 Å². The molecule has 1 aromatic carbocycles. The molecule has 0 radical (unpaired) electrons. The molecule has 0 fully saturated rings. The molecule has 0 aliphatic rings. The normalized spacial score (nSPS) is 12.4. The number of benzene rings is 1. The van der Waals surface area contributed by atoms with Gasteiger partial charge in [0, 0.05) is 6.20 Å². The molecule has 0 aliphatic carbocycles. The molecule has 0 saturated heterocycles. The zero-order valence-electron chi connectivity index (χ0n) is 10.9. The molecule has 2 rings (SSSR count). The minimum absolute atomic E-state index is 0.0100. The molecule has 1 N–H and O–H groups in total. The summed E-state index contributed by atoms with van der Waals surface area (Å²) in [5.41, 5.74) is 3.79. The summed E-state index contributed by atoms with van der Waals surface area (Å²) in [5.74, 6) is -0.175. The van der Waals surface area contributed by atoms with Gasteiger partial charge in [0.25, 0.3) is 0 Å². The van der Waals surface area contributed by atoms with Crippen LogP contribution in [0, 0.1) is 19.7 Å². The van der Waals surface area contributed by atoms with Gasteiger partial charge in [-0.2, -0.15) is 0 Å². The van der Waals surface area contributed by atoms with Gasteiger partial charge in [0.1, 0.15) is 5.82 Å². The predicted octanol–water partition coefficient (Wildman–Crippen LogP) is 3.15. The van der Waals surface area contributed by atoms with Crippen LogP contribution in [0.3, 0.4) is 0 Å². The first-order chi connectivity index (χ1) is 8.61. The molecule has 0 bridgehead atoms. The second kappa shape index (κ2) is 5.27. The van der Waals surface area contributed by atoms with E-state index in [0.717, 1.165) is 11.3 Å². The van der Waals surface area contributed by atoms with Crippen LogP contribution in [0.25, 0.3) is 0 Å². The number of nitrogens with one attached hydrogen (secondary N) is 1. The second-order valence-electron chi connectivity index (χ2n) is 4.49. The van der Waals surface area contributed by atoms with Crippen molar-refractivity contribution in [1.82, 2.24) is 10.3 Å². The first-order valence-electron chi connectivity index (χ1n) is 5.97. The maximum atomic E-state index is 13.3. The zero-order chi connectivity index (χ0) is 13.1. The van der Waals surface area contributed by atoms with Gasteiger partial charge in [-0.25, -0.2) is 4.39 Å². The number of aryl methyl sites for hydroxylation is 2. The fraction of sp³-hybridized carbons (Fsp3) is 0.267. The minimum atomic E-state index is -0.175. The molecule has 2 nitrogen and oxygen atoms in total. The summed E-state index contributed by atoms with van der Waals surface area (Å²) in [6.45, 7) is 3.81. The molecule has 0 aliphatic heterocycles. The summed E-state index contributed by atoms with van der Waals surface area (Å²) in [6.07, 6.45) is 1.80. The van der Waals surface area contributed by atoms with Crippen molar-refractivity contribution >= 4 is 0 Å². The molecule has 3 heteroatoms. The Labute approximate surface area is 107 Å². The molecule has 1 aromatic heterocycles. The van der Waals surface area contributed by atoms with Gasteiger partial charge in [0.2, 0.25) is 0 Å². The third-order valence-corrected chi connectivity index (χ3v) is 3.04. The van der Waals surface area contributed by atoms with E-state index in [9.17, 15) is 4.39 Å². The summed E-state index contributed by atoms with van der Waals surface area (Å²) < 4.78 is 13.3. The first kappa shape index (κ1) is 12.7. The van der Waals surface area contributed by atoms with Gasteiger partial charge in [-0.05, 0) is 55.8 Å². The van der Waals surface area contributed by atoms with Crippen LogP contribution in [0.1, 0.15) is 28.4 Å². The Morgan fingerprint density at radius 2 is 1.94 bits per heavy atom. The molecule has 1 atom stereocenters. The highest BCUT2D eigenvalue weighted by atomic mass is 19.1. The van der Waals surface area contributed by atoms with Crippen LogP contribution in [-0.4, -0.2) is 12.0 Å². The molecule has 1 heterocycles. The summed E-state index contributed by atoms with van der Waals surface area (Å²) in [5, 5.41) is 3.22. The van der Waals surface area contributed by atoms with Crippen molar-refractivity contribution < 1.29 is 4.39 Å². The molecule has 1 unspecified atom stereocenters. The quantitative estimate of drug-likeness (QED) is 0.897. The third kappa shape index (κ3) is 2.57. The average molecular weight is 244 g/mol. The molecule has 18 heavy (non-hydrogen) atoms. The Kier molecular flexibility index (Phi) is 3.72. The van der Waals surface area contributed by atoms with Gasteiger partial charge in [-0.3, -0.25) is 4.98 Å². The molecular formula is C15H17FN2. The van der Waals surface area contributed by atoms with Crippen LogP contribution in [0.15, 0.2) is 36.5 Å². The maximum absolute atomic E-state index is 13.3. The number of halogens is 1. The predicted molar refractivity (Wildman–Crippen MR) is 71.0 cm³/mol. The fourth-order valence-corrected chi connectivity index (χ4v) is 2.05. The Morgan fingerprint density at radius 1 is 1.17 bits per heavy atom. The van der Waals surface area contributed by atoms with Crippen LogP contribution in [-0.2, 0) is 0 Å². The highest BCUT2D eigenvalue weighted by molar-refractivity contribution is 5.32. The number of hydrogen-bond acceptors (Lipinski definition) is 2. The van der Waals surface area contributed by atoms with Gasteiger partial charge >= 0.3 is 0 Å². The van der Waals surface area contributed by atoms with E-state index in [4.69, 9.17) is 0 Å². The first-order valence-corrected chi connectivity index (χ1v) is 5.97. The van der Waals surface area contributed by atoms with E-state index in [1.807, 2.05) is 32.2 Å². The van der Waals surface area contributed by atoms with Crippen LogP contribution in [0.4, 0.5) is 4.39 Å². The lowest BCUT2D eigenvalue weighted by Crippen LogP contribution is -2.19. The second-order valence-corrected chi connectivity index (χ2v) is 4.49. The Balaban J connectivity index is 2.42. The van der Waals surface area contributed by atoms with Crippen molar-refractivity contribution in [1.29, 1.82) is 0 Å². The molecule has 0 saturated carbocycles. The van der Waals surface area contributed by atoms with Crippen molar-refractivity contribution in [3.8, 4) is 0 Å². The summed E-state index contributed by atoms with van der Waals surface area (Å²) >= 11 is 0. The van der Waals surface area contributed by atoms with Crippen molar-refractivity contribution in [3.63, 3.8) is 0 Å². The third-order valence-electron chi connectivity index (χ3n) is 3.04. The van der Waals surface area contributed by atoms with Crippen molar-refractivity contribution in [2.75, 3.05) is 7.05 Å². The fourth-order valence-electron chi connectivity index (χ4n) is 2.05. The number of pyridine rings is 1. The molecule has 0 amide bonds. The van der Waals surface area contributed by atoms with Gasteiger partial charge < -0.3 is 5.32 Å². The lowest BCUT2D eigenvalue weighted by molar-refractivity contribution is 0.612. The summed E-state index contributed by atoms with van der Waals surface area (Å²) in [6, 6.07) is 9.16. The van der Waals surface area contributed by atoms with E-state index >= 15 is 0 Å². The molecule has 0 spiro atoms. The van der Waals surface area contributed by atoms with Crippen LogP contribution < -0.4 is 5.32 Å². The number of rotatable bonds is 3. The highest BCUT2D eigenvalue weighted by Gasteiger charge is 2.14. The van der Waals surface area contributed by atoms with E-state index in [0.29, 0.717) is 5.56 Å². The number of aromatic nitrogens is 1. The van der Waals surface area contributed by atoms with Crippen LogP contribution in [0.5, 0.6) is 0 Å². The molecular weight excluding hydrogens is 227 g/mol. The van der Waals surface area contributed by atoms with Gasteiger partial charge in [0.05, 0.1) is 11.7 Å². The van der Waals surface area contributed by atoms with Gasteiger partial charge in [-0.1, -0.05) is 12.1 Å². The van der Waals surface area contributed by atoms with E-state index in [2.05, 4.69) is 10.3 Å². The zero-order valence-corrected chi connectivity index (χ0v) is 10.9. The van der Waals surface area contributed by atoms with Crippen molar-refractivity contribution in [2.45, 2.75) is 19.9 Å². The van der Waals surface area contributed by atoms with E-state index in [1.54, 1.807) is 19.2 Å². The van der Waals surface area contributed by atoms with Crippen LogP contribution >= 0.6 is 0 Å². The smallest absolute Gasteiger partial charge is 0.126 e. The Morgan fingerprint density at radius 3 is 2.56 bits per heavy atom. The Hall–Kier alpha value is -1.74. The highest BCUT2D eigenvalue weighted by Crippen LogP contribution is 2.22. The minimum Gasteiger partial charge on any atom is -0.308 e. The number of nitrogens with zero attached hydrogens (tertiary/aromatic N) is 1. The van der Waals surface area contributed by atoms with Crippen LogP contribution in [0.2, 0.25) is 0 Å². The summed E-state index contributed by atoms with van der Waals surface area (Å²) in [4.78, 5) is 4.38. The van der Waals surface area contributed by atoms with E-state index < -0.39 is 0 Å². The average Bonchev–Trinajstić information content (AvgIpc) is 2.35. The van der Waals surface area contributed by atoms with Gasteiger partial charge in [0.15, 0.2) is 0 Å². The monoisotopic (exact) mass is 244 g/mol. The largest absolute Gasteiger partial charge is 0.308 e. The standard InChI is InChI=1S/C15H17FN2/c1-10-6-7-18-14(8-10)15(17-3)12-4-5-13(16)11(2)9-12/h4-9,15,17H,1-3H3. The van der Waals surface area contributed by atoms with Crippen molar-refractivity contribution in [3.05, 3.63) is 64.7 Å². The molecule has 2 aromatic rings. The summed E-state index contributed by atoms with van der Waals surface area (Å²) in [7, 11) is 1.88. The van der Waals surface area contributed by atoms with E-state index in [-0.39, 0.29) is 11.9 Å². The van der Waals surface area contributed by atoms with E-state index in [1.165, 1.54) is 11.6 Å². The van der Waals surface area contributed by atoms with Crippen molar-refractivity contribution in [2.24, 2.45) is 0 Å². The van der Waals surface area contributed by atoms with Gasteiger partial charge in [-0.15, -0.1) is 0 Å². The SMILES string of the molecule is CNC(c1ccc(F)c(C)c1)c1cc(C)ccn1. The number of hydrogen-bond donors (Lipinski definition) is 1. The lowest BCUT2D eigenvalue weighted by atomic mass is 10.0. The Bertz CT molecular complexity index is 552.